The van der Waals surface area contributed by atoms with Crippen molar-refractivity contribution in [2.45, 2.75) is 20.0 Å². The van der Waals surface area contributed by atoms with Gasteiger partial charge in [0, 0.05) is 13.1 Å². The summed E-state index contributed by atoms with van der Waals surface area (Å²) < 4.78 is 31.5. The van der Waals surface area contributed by atoms with Crippen molar-refractivity contribution in [1.29, 1.82) is 0 Å². The Labute approximate surface area is 157 Å². The van der Waals surface area contributed by atoms with E-state index in [2.05, 4.69) is 19.3 Å². The average Bonchev–Trinajstić information content (AvgIpc) is 3.04. The number of nitrogen functional groups attached to an aromatic ring is 1. The van der Waals surface area contributed by atoms with E-state index in [4.69, 9.17) is 5.73 Å². The molecule has 0 amide bonds. The van der Waals surface area contributed by atoms with Crippen LogP contribution in [0.25, 0.3) is 11.3 Å². The Hall–Kier alpha value is -2.91. The molecular formula is C18H20N6O2S. The average molecular weight is 384 g/mol. The molecule has 0 radical (unpaired) electrons. The van der Waals surface area contributed by atoms with Crippen molar-refractivity contribution >= 4 is 21.8 Å². The number of hydrogen-bond donors (Lipinski definition) is 2. The van der Waals surface area contributed by atoms with E-state index < -0.39 is 10.2 Å². The van der Waals surface area contributed by atoms with Gasteiger partial charge in [0.05, 0.1) is 18.4 Å². The van der Waals surface area contributed by atoms with Gasteiger partial charge in [0.15, 0.2) is 0 Å². The number of aromatic nitrogens is 3. The van der Waals surface area contributed by atoms with Crippen LogP contribution in [0.4, 0.5) is 11.6 Å². The highest BCUT2D eigenvalue weighted by Gasteiger charge is 2.29. The lowest BCUT2D eigenvalue weighted by molar-refractivity contribution is 0.339. The van der Waals surface area contributed by atoms with E-state index >= 15 is 0 Å². The minimum Gasteiger partial charge on any atom is -0.384 e. The summed E-state index contributed by atoms with van der Waals surface area (Å²) in [6.07, 6.45) is 1.79. The third-order valence-electron chi connectivity index (χ3n) is 4.46. The first-order valence-electron chi connectivity index (χ1n) is 8.54. The number of rotatable bonds is 4. The Morgan fingerprint density at radius 1 is 1.15 bits per heavy atom. The van der Waals surface area contributed by atoms with Crippen LogP contribution in [0.5, 0.6) is 0 Å². The first-order chi connectivity index (χ1) is 12.9. The molecule has 9 heteroatoms. The number of aryl methyl sites for hydroxylation is 1. The molecule has 0 saturated heterocycles. The zero-order valence-corrected chi connectivity index (χ0v) is 15.6. The number of fused-ring (bicyclic) bond motifs is 1. The lowest BCUT2D eigenvalue weighted by Gasteiger charge is -2.28. The maximum Gasteiger partial charge on any atom is 0.303 e. The zero-order chi connectivity index (χ0) is 19.0. The number of anilines is 2. The van der Waals surface area contributed by atoms with E-state index in [1.807, 2.05) is 37.3 Å². The summed E-state index contributed by atoms with van der Waals surface area (Å²) in [5, 5.41) is 0. The van der Waals surface area contributed by atoms with Crippen LogP contribution in [0.3, 0.4) is 0 Å². The number of pyridine rings is 1. The van der Waals surface area contributed by atoms with Crippen molar-refractivity contribution in [2.24, 2.45) is 0 Å². The fraction of sp³-hybridized carbons (Fsp3) is 0.222. The minimum atomic E-state index is -3.76. The summed E-state index contributed by atoms with van der Waals surface area (Å²) in [5.74, 6) is 1.20. The van der Waals surface area contributed by atoms with E-state index in [1.54, 1.807) is 18.3 Å². The van der Waals surface area contributed by atoms with Crippen molar-refractivity contribution in [3.05, 3.63) is 60.0 Å². The molecule has 0 unspecified atom stereocenters. The van der Waals surface area contributed by atoms with Gasteiger partial charge in [-0.1, -0.05) is 30.3 Å². The van der Waals surface area contributed by atoms with E-state index in [0.717, 1.165) is 16.8 Å². The summed E-state index contributed by atoms with van der Waals surface area (Å²) in [7, 11) is -3.76. The van der Waals surface area contributed by atoms with Gasteiger partial charge in [-0.25, -0.2) is 9.97 Å². The van der Waals surface area contributed by atoms with Crippen molar-refractivity contribution in [3.8, 4) is 11.3 Å². The molecule has 3 heterocycles. The second kappa shape index (κ2) is 6.67. The second-order valence-corrected chi connectivity index (χ2v) is 8.14. The third kappa shape index (κ3) is 3.51. The minimum absolute atomic E-state index is 0.198. The van der Waals surface area contributed by atoms with E-state index in [-0.39, 0.29) is 18.2 Å². The van der Waals surface area contributed by atoms with Crippen LogP contribution in [-0.4, -0.2) is 33.8 Å². The smallest absolute Gasteiger partial charge is 0.303 e. The Morgan fingerprint density at radius 3 is 2.67 bits per heavy atom. The maximum atomic E-state index is 12.8. The van der Waals surface area contributed by atoms with Gasteiger partial charge in [0.2, 0.25) is 0 Å². The van der Waals surface area contributed by atoms with Crippen LogP contribution in [-0.2, 0) is 23.3 Å². The monoisotopic (exact) mass is 384 g/mol. The molecule has 4 rings (SSSR count). The molecule has 8 nitrogen and oxygen atoms in total. The zero-order valence-electron chi connectivity index (χ0n) is 14.8. The number of nitrogens with two attached hydrogens (primary N) is 1. The van der Waals surface area contributed by atoms with Crippen LogP contribution >= 0.6 is 0 Å². The molecule has 2 aromatic heterocycles. The van der Waals surface area contributed by atoms with Crippen LogP contribution < -0.4 is 10.5 Å². The van der Waals surface area contributed by atoms with E-state index in [9.17, 15) is 8.42 Å². The molecule has 3 aromatic rings. The van der Waals surface area contributed by atoms with E-state index in [1.165, 1.54) is 4.31 Å². The van der Waals surface area contributed by atoms with Gasteiger partial charge in [0.1, 0.15) is 17.5 Å². The predicted molar refractivity (Wildman–Crippen MR) is 104 cm³/mol. The van der Waals surface area contributed by atoms with Crippen LogP contribution in [0.15, 0.2) is 48.7 Å². The third-order valence-corrected chi connectivity index (χ3v) is 5.92. The van der Waals surface area contributed by atoms with Crippen LogP contribution in [0.1, 0.15) is 11.4 Å². The molecule has 0 fully saturated rings. The molecule has 1 aromatic carbocycles. The molecule has 3 N–H and O–H groups in total. The highest BCUT2D eigenvalue weighted by molar-refractivity contribution is 7.90. The topological polar surface area (TPSA) is 106 Å². The van der Waals surface area contributed by atoms with Crippen molar-refractivity contribution in [3.63, 3.8) is 0 Å². The first-order valence-corrected chi connectivity index (χ1v) is 9.98. The number of nitrogens with one attached hydrogen (secondary N) is 1. The molecule has 1 aliphatic rings. The highest BCUT2D eigenvalue weighted by atomic mass is 32.2. The largest absolute Gasteiger partial charge is 0.384 e. The van der Waals surface area contributed by atoms with Gasteiger partial charge in [-0.3, -0.25) is 4.72 Å². The molecular weight excluding hydrogens is 364 g/mol. The number of imidazole rings is 1. The highest BCUT2D eigenvalue weighted by Crippen LogP contribution is 2.25. The number of hydrogen-bond acceptors (Lipinski definition) is 5. The van der Waals surface area contributed by atoms with Gasteiger partial charge in [0.25, 0.3) is 0 Å². The van der Waals surface area contributed by atoms with Crippen molar-refractivity contribution < 1.29 is 8.42 Å². The Bertz CT molecular complexity index is 1060. The molecule has 0 saturated carbocycles. The van der Waals surface area contributed by atoms with Crippen molar-refractivity contribution in [1.82, 2.24) is 18.8 Å². The summed E-state index contributed by atoms with van der Waals surface area (Å²) in [5.41, 5.74) is 8.59. The van der Waals surface area contributed by atoms with Crippen LogP contribution in [0, 0.1) is 6.92 Å². The van der Waals surface area contributed by atoms with Crippen molar-refractivity contribution in [2.75, 3.05) is 17.0 Å². The van der Waals surface area contributed by atoms with Gasteiger partial charge in [-0.15, -0.1) is 0 Å². The first kappa shape index (κ1) is 17.5. The summed E-state index contributed by atoms with van der Waals surface area (Å²) in [6.45, 7) is 2.91. The summed E-state index contributed by atoms with van der Waals surface area (Å²) in [6, 6.07) is 13.3. The second-order valence-electron chi connectivity index (χ2n) is 6.47. The SMILES string of the molecule is Cc1cc(N)nc(NS(=O)(=O)N2CCn3c(-c4ccccc4)cnc3C2)c1. The molecule has 0 aliphatic carbocycles. The van der Waals surface area contributed by atoms with Gasteiger partial charge in [-0.2, -0.15) is 12.7 Å². The van der Waals surface area contributed by atoms with Gasteiger partial charge < -0.3 is 10.3 Å². The molecule has 140 valence electrons. The fourth-order valence-electron chi connectivity index (χ4n) is 3.23. The lowest BCUT2D eigenvalue weighted by atomic mass is 10.1. The normalized spacial score (nSPS) is 14.7. The maximum absolute atomic E-state index is 12.8. The Kier molecular flexibility index (Phi) is 4.33. The summed E-state index contributed by atoms with van der Waals surface area (Å²) >= 11 is 0. The molecule has 27 heavy (non-hydrogen) atoms. The number of nitrogens with zero attached hydrogens (tertiary/aromatic N) is 4. The molecule has 0 bridgehead atoms. The van der Waals surface area contributed by atoms with E-state index in [0.29, 0.717) is 18.9 Å². The Balaban J connectivity index is 1.56. The molecule has 0 atom stereocenters. The van der Waals surface area contributed by atoms with Crippen LogP contribution in [0.2, 0.25) is 0 Å². The number of benzene rings is 1. The molecule has 1 aliphatic heterocycles. The van der Waals surface area contributed by atoms with Gasteiger partial charge in [-0.05, 0) is 30.2 Å². The standard InChI is InChI=1S/C18H20N6O2S/c1-13-9-16(19)21-17(10-13)22-27(25,26)23-7-8-24-15(11-20-18(24)12-23)14-5-3-2-4-6-14/h2-6,9-11H,7-8,12H2,1H3,(H3,19,21,22). The predicted octanol–water partition coefficient (Wildman–Crippen LogP) is 2.01. The summed E-state index contributed by atoms with van der Waals surface area (Å²) in [4.78, 5) is 8.47. The quantitative estimate of drug-likeness (QED) is 0.716. The van der Waals surface area contributed by atoms with Gasteiger partial charge >= 0.3 is 10.2 Å². The fourth-order valence-corrected chi connectivity index (χ4v) is 4.33. The Morgan fingerprint density at radius 2 is 1.93 bits per heavy atom. The lowest BCUT2D eigenvalue weighted by Crippen LogP contribution is -2.41. The molecule has 0 spiro atoms.